The summed E-state index contributed by atoms with van der Waals surface area (Å²) in [4.78, 5) is 79.4. The number of nitrogens with zero attached hydrogens (tertiary/aromatic N) is 5. The number of Topliss-reactive ketones (excluding diaryl/α,β-unsaturated/α-hetero) is 1. The van der Waals surface area contributed by atoms with Crippen LogP contribution >= 0.6 is 11.8 Å². The molecule has 1 aromatic carbocycles. The molecule has 45 heavy (non-hydrogen) atoms. The van der Waals surface area contributed by atoms with E-state index in [2.05, 4.69) is 30.2 Å². The standard InChI is InChI=1S/C27H31N9O8S/c28-21-20-22(35-26(29)34-21)31-11-14(32-20)12-36-8-9-45-17-10-13(4-5-16(17)36)23(40)33-15(24(41)42)2-1-3-18(37)27(30,25(43)44)7-6-19(38)39/h4-5,10-11,15H,1-3,6-9,12,30H2,(H,33,40)(H,38,39)(H,41,42)(H,43,44)(H4,28,29,31,34,35). The van der Waals surface area contributed by atoms with E-state index in [4.69, 9.17) is 22.3 Å². The summed E-state index contributed by atoms with van der Waals surface area (Å²) in [5.41, 5.74) is 17.1. The van der Waals surface area contributed by atoms with Crippen molar-refractivity contribution < 1.29 is 39.3 Å². The van der Waals surface area contributed by atoms with E-state index >= 15 is 0 Å². The minimum absolute atomic E-state index is 0.00277. The zero-order chi connectivity index (χ0) is 32.9. The summed E-state index contributed by atoms with van der Waals surface area (Å²) in [5, 5.41) is 30.3. The van der Waals surface area contributed by atoms with Gasteiger partial charge in [-0.25, -0.2) is 19.6 Å². The Morgan fingerprint density at radius 1 is 1.07 bits per heavy atom. The Kier molecular flexibility index (Phi) is 9.98. The number of hydrogen-bond acceptors (Lipinski definition) is 14. The molecule has 0 saturated heterocycles. The number of rotatable bonds is 14. The van der Waals surface area contributed by atoms with Crippen molar-refractivity contribution in [3.8, 4) is 0 Å². The molecule has 1 aliphatic rings. The molecule has 18 heteroatoms. The van der Waals surface area contributed by atoms with Gasteiger partial charge >= 0.3 is 17.9 Å². The Balaban J connectivity index is 1.40. The lowest BCUT2D eigenvalue weighted by molar-refractivity contribution is -0.149. The fraction of sp³-hybridized carbons (Fsp3) is 0.370. The van der Waals surface area contributed by atoms with Gasteiger partial charge in [-0.2, -0.15) is 9.97 Å². The Morgan fingerprint density at radius 3 is 2.51 bits per heavy atom. The SMILES string of the molecule is Nc1nc(N)c2nc(CN3CCSc4cc(C(=O)NC(CCCC(=O)C(N)(CCC(=O)O)C(=O)O)C(=O)O)ccc43)cnc2n1. The van der Waals surface area contributed by atoms with Crippen LogP contribution < -0.4 is 27.4 Å². The minimum Gasteiger partial charge on any atom is -0.481 e. The zero-order valence-corrected chi connectivity index (χ0v) is 24.6. The maximum Gasteiger partial charge on any atom is 0.331 e. The van der Waals surface area contributed by atoms with Crippen molar-refractivity contribution in [2.24, 2.45) is 5.73 Å². The number of aromatic nitrogens is 4. The molecule has 2 atom stereocenters. The second kappa shape index (κ2) is 13.7. The molecule has 10 N–H and O–H groups in total. The van der Waals surface area contributed by atoms with Gasteiger partial charge in [-0.15, -0.1) is 11.8 Å². The molecule has 17 nitrogen and oxygen atoms in total. The van der Waals surface area contributed by atoms with E-state index in [1.165, 1.54) is 11.8 Å². The number of aliphatic carboxylic acids is 3. The largest absolute Gasteiger partial charge is 0.481 e. The molecule has 3 aromatic rings. The number of carbonyl (C=O) groups excluding carboxylic acids is 2. The van der Waals surface area contributed by atoms with Gasteiger partial charge in [0, 0.05) is 35.6 Å². The summed E-state index contributed by atoms with van der Waals surface area (Å²) in [6, 6.07) is 3.60. The van der Waals surface area contributed by atoms with Crippen molar-refractivity contribution in [3.63, 3.8) is 0 Å². The third-order valence-corrected chi connectivity index (χ3v) is 8.17. The molecule has 0 bridgehead atoms. The molecular formula is C27H31N9O8S. The van der Waals surface area contributed by atoms with Gasteiger partial charge in [0.1, 0.15) is 6.04 Å². The van der Waals surface area contributed by atoms with E-state index in [1.54, 1.807) is 24.4 Å². The van der Waals surface area contributed by atoms with Crippen molar-refractivity contribution >= 4 is 70.0 Å². The molecule has 0 radical (unpaired) electrons. The smallest absolute Gasteiger partial charge is 0.331 e. The van der Waals surface area contributed by atoms with Gasteiger partial charge < -0.3 is 42.7 Å². The first kappa shape index (κ1) is 32.8. The minimum atomic E-state index is -2.41. The van der Waals surface area contributed by atoms with Crippen LogP contribution in [0, 0.1) is 0 Å². The van der Waals surface area contributed by atoms with Crippen LogP contribution in [0.3, 0.4) is 0 Å². The number of carboxylic acids is 3. The quantitative estimate of drug-likeness (QED) is 0.116. The average molecular weight is 642 g/mol. The Morgan fingerprint density at radius 2 is 1.82 bits per heavy atom. The van der Waals surface area contributed by atoms with Crippen LogP contribution in [0.1, 0.15) is 48.2 Å². The maximum atomic E-state index is 13.0. The fourth-order valence-electron chi connectivity index (χ4n) is 4.70. The van der Waals surface area contributed by atoms with Crippen LogP contribution in [-0.2, 0) is 25.7 Å². The van der Waals surface area contributed by atoms with Gasteiger partial charge in [0.05, 0.1) is 24.1 Å². The van der Waals surface area contributed by atoms with Crippen molar-refractivity contribution in [1.29, 1.82) is 0 Å². The molecule has 0 fully saturated rings. The summed E-state index contributed by atoms with van der Waals surface area (Å²) in [6.45, 7) is 1.06. The van der Waals surface area contributed by atoms with Gasteiger partial charge in [-0.3, -0.25) is 14.4 Å². The monoisotopic (exact) mass is 641 g/mol. The molecule has 0 saturated carbocycles. The second-order valence-corrected chi connectivity index (χ2v) is 11.4. The summed E-state index contributed by atoms with van der Waals surface area (Å²) in [7, 11) is 0. The third kappa shape index (κ3) is 7.71. The van der Waals surface area contributed by atoms with Gasteiger partial charge in [0.15, 0.2) is 28.3 Å². The van der Waals surface area contributed by atoms with Gasteiger partial charge in [-0.1, -0.05) is 0 Å². The van der Waals surface area contributed by atoms with E-state index < -0.39 is 60.4 Å². The Hall–Kier alpha value is -5.10. The van der Waals surface area contributed by atoms with Gasteiger partial charge in [-0.05, 0) is 37.5 Å². The number of nitrogens with two attached hydrogens (primary N) is 3. The molecule has 0 aliphatic carbocycles. The van der Waals surface area contributed by atoms with E-state index in [1.807, 2.05) is 0 Å². The topological polar surface area (TPSA) is 291 Å². The highest BCUT2D eigenvalue weighted by molar-refractivity contribution is 7.99. The first-order valence-electron chi connectivity index (χ1n) is 13.7. The number of amides is 1. The molecule has 0 spiro atoms. The molecule has 2 unspecified atom stereocenters. The lowest BCUT2D eigenvalue weighted by Gasteiger charge is -2.31. The number of ketones is 1. The molecule has 238 valence electrons. The normalized spacial score (nSPS) is 14.6. The molecule has 1 aliphatic heterocycles. The highest BCUT2D eigenvalue weighted by Crippen LogP contribution is 2.36. The number of benzene rings is 1. The molecule has 1 amide bonds. The fourth-order valence-corrected chi connectivity index (χ4v) is 5.78. The van der Waals surface area contributed by atoms with Crippen LogP contribution in [-0.4, -0.2) is 88.7 Å². The molecular weight excluding hydrogens is 610 g/mol. The van der Waals surface area contributed by atoms with Crippen LogP contribution in [0.25, 0.3) is 11.2 Å². The predicted octanol–water partition coefficient (Wildman–Crippen LogP) is 0.266. The van der Waals surface area contributed by atoms with E-state index in [-0.39, 0.29) is 35.8 Å². The number of nitrogen functional groups attached to an aromatic ring is 2. The second-order valence-electron chi connectivity index (χ2n) is 10.3. The number of carbonyl (C=O) groups is 5. The van der Waals surface area contributed by atoms with Gasteiger partial charge in [0.25, 0.3) is 5.91 Å². The maximum absolute atomic E-state index is 13.0. The predicted molar refractivity (Wildman–Crippen MR) is 161 cm³/mol. The number of nitrogens with one attached hydrogen (secondary N) is 1. The summed E-state index contributed by atoms with van der Waals surface area (Å²) >= 11 is 1.53. The van der Waals surface area contributed by atoms with Crippen molar-refractivity contribution in [1.82, 2.24) is 25.3 Å². The number of carboxylic acid groups (broad SMARTS) is 3. The van der Waals surface area contributed by atoms with E-state index in [0.717, 1.165) is 10.6 Å². The summed E-state index contributed by atoms with van der Waals surface area (Å²) < 4.78 is 0. The van der Waals surface area contributed by atoms with E-state index in [9.17, 15) is 34.2 Å². The van der Waals surface area contributed by atoms with Crippen molar-refractivity contribution in [2.75, 3.05) is 28.7 Å². The van der Waals surface area contributed by atoms with Crippen LogP contribution in [0.4, 0.5) is 17.5 Å². The lowest BCUT2D eigenvalue weighted by atomic mass is 9.86. The number of hydrogen-bond donors (Lipinski definition) is 7. The summed E-state index contributed by atoms with van der Waals surface area (Å²) in [6.07, 6.45) is -0.378. The van der Waals surface area contributed by atoms with E-state index in [0.29, 0.717) is 30.1 Å². The number of fused-ring (bicyclic) bond motifs is 2. The lowest BCUT2D eigenvalue weighted by Crippen LogP contribution is -2.55. The molecule has 3 heterocycles. The number of anilines is 3. The number of thioether (sulfide) groups is 1. The Labute approximate surface area is 259 Å². The Bertz CT molecular complexity index is 1670. The van der Waals surface area contributed by atoms with Crippen LogP contribution in [0.2, 0.25) is 0 Å². The first-order valence-corrected chi connectivity index (χ1v) is 14.6. The van der Waals surface area contributed by atoms with Crippen LogP contribution in [0.5, 0.6) is 0 Å². The highest BCUT2D eigenvalue weighted by Gasteiger charge is 2.41. The summed E-state index contributed by atoms with van der Waals surface area (Å²) in [5.74, 6) is -5.09. The average Bonchev–Trinajstić information content (AvgIpc) is 2.99. The zero-order valence-electron chi connectivity index (χ0n) is 23.8. The van der Waals surface area contributed by atoms with Crippen molar-refractivity contribution in [3.05, 3.63) is 35.7 Å². The third-order valence-electron chi connectivity index (χ3n) is 7.15. The van der Waals surface area contributed by atoms with Crippen LogP contribution in [0.15, 0.2) is 29.3 Å². The molecule has 2 aromatic heterocycles. The first-order chi connectivity index (χ1) is 21.3. The molecule has 4 rings (SSSR count). The van der Waals surface area contributed by atoms with Crippen molar-refractivity contribution in [2.45, 2.75) is 55.1 Å². The van der Waals surface area contributed by atoms with Gasteiger partial charge in [0.2, 0.25) is 5.95 Å². The highest BCUT2D eigenvalue weighted by atomic mass is 32.2.